The highest BCUT2D eigenvalue weighted by molar-refractivity contribution is 5.96. The molecule has 1 atom stereocenters. The first-order chi connectivity index (χ1) is 10.6. The SMILES string of the molecule is CCCc1noc(C2CC(=O)N(c3ccc(F)c(F)c3)C2)n1. The number of hydrogen-bond acceptors (Lipinski definition) is 4. The van der Waals surface area contributed by atoms with Crippen LogP contribution in [0.15, 0.2) is 22.7 Å². The molecule has 116 valence electrons. The lowest BCUT2D eigenvalue weighted by atomic mass is 10.1. The van der Waals surface area contributed by atoms with Gasteiger partial charge < -0.3 is 9.42 Å². The second-order valence-electron chi connectivity index (χ2n) is 5.30. The van der Waals surface area contributed by atoms with Crippen LogP contribution in [0.4, 0.5) is 14.5 Å². The van der Waals surface area contributed by atoms with E-state index in [1.54, 1.807) is 0 Å². The zero-order valence-corrected chi connectivity index (χ0v) is 12.1. The van der Waals surface area contributed by atoms with Gasteiger partial charge in [0.2, 0.25) is 11.8 Å². The number of rotatable bonds is 4. The van der Waals surface area contributed by atoms with Crippen LogP contribution in [0.2, 0.25) is 0 Å². The molecule has 1 fully saturated rings. The van der Waals surface area contributed by atoms with Gasteiger partial charge in [-0.25, -0.2) is 8.78 Å². The van der Waals surface area contributed by atoms with Gasteiger partial charge >= 0.3 is 0 Å². The monoisotopic (exact) mass is 307 g/mol. The summed E-state index contributed by atoms with van der Waals surface area (Å²) in [6.45, 7) is 2.33. The average Bonchev–Trinajstić information content (AvgIpc) is 3.09. The topological polar surface area (TPSA) is 59.2 Å². The molecule has 0 aliphatic carbocycles. The van der Waals surface area contributed by atoms with Crippen molar-refractivity contribution in [1.29, 1.82) is 0 Å². The molecule has 1 aliphatic heterocycles. The molecule has 2 aromatic rings. The van der Waals surface area contributed by atoms with E-state index in [9.17, 15) is 13.6 Å². The largest absolute Gasteiger partial charge is 0.339 e. The van der Waals surface area contributed by atoms with Crippen LogP contribution in [-0.4, -0.2) is 22.6 Å². The standard InChI is InChI=1S/C15H15F2N3O2/c1-2-3-13-18-15(22-19-13)9-6-14(21)20(8-9)10-4-5-11(16)12(17)7-10/h4-5,7,9H,2-3,6,8H2,1H3. The molecule has 22 heavy (non-hydrogen) atoms. The number of benzene rings is 1. The van der Waals surface area contributed by atoms with E-state index < -0.39 is 11.6 Å². The van der Waals surface area contributed by atoms with Gasteiger partial charge in [-0.15, -0.1) is 0 Å². The van der Waals surface area contributed by atoms with Crippen molar-refractivity contribution in [2.45, 2.75) is 32.1 Å². The van der Waals surface area contributed by atoms with Crippen LogP contribution in [0, 0.1) is 11.6 Å². The fraction of sp³-hybridized carbons (Fsp3) is 0.400. The maximum atomic E-state index is 13.3. The van der Waals surface area contributed by atoms with E-state index in [4.69, 9.17) is 4.52 Å². The second kappa shape index (κ2) is 5.82. The zero-order valence-electron chi connectivity index (χ0n) is 12.1. The van der Waals surface area contributed by atoms with E-state index in [0.717, 1.165) is 25.0 Å². The second-order valence-corrected chi connectivity index (χ2v) is 5.30. The normalized spacial score (nSPS) is 18.2. The zero-order chi connectivity index (χ0) is 15.7. The molecule has 0 bridgehead atoms. The predicted molar refractivity (Wildman–Crippen MR) is 74.4 cm³/mol. The molecule has 1 unspecified atom stereocenters. The molecule has 1 aromatic carbocycles. The molecule has 7 heteroatoms. The Morgan fingerprint density at radius 2 is 2.18 bits per heavy atom. The van der Waals surface area contributed by atoms with Crippen molar-refractivity contribution in [2.75, 3.05) is 11.4 Å². The van der Waals surface area contributed by atoms with Crippen molar-refractivity contribution in [3.8, 4) is 0 Å². The maximum Gasteiger partial charge on any atom is 0.232 e. The molecule has 0 N–H and O–H groups in total. The lowest BCUT2D eigenvalue weighted by Gasteiger charge is -2.16. The Morgan fingerprint density at radius 1 is 1.36 bits per heavy atom. The number of nitrogens with zero attached hydrogens (tertiary/aromatic N) is 3. The Balaban J connectivity index is 1.78. The number of hydrogen-bond donors (Lipinski definition) is 0. The van der Waals surface area contributed by atoms with Crippen molar-refractivity contribution in [3.63, 3.8) is 0 Å². The van der Waals surface area contributed by atoms with Gasteiger partial charge in [-0.3, -0.25) is 4.79 Å². The smallest absolute Gasteiger partial charge is 0.232 e. The molecule has 1 aromatic heterocycles. The van der Waals surface area contributed by atoms with Crippen LogP contribution >= 0.6 is 0 Å². The minimum Gasteiger partial charge on any atom is -0.339 e. The average molecular weight is 307 g/mol. The van der Waals surface area contributed by atoms with Gasteiger partial charge in [0.1, 0.15) is 0 Å². The van der Waals surface area contributed by atoms with Gasteiger partial charge in [-0.2, -0.15) is 4.98 Å². The number of halogens is 2. The van der Waals surface area contributed by atoms with E-state index in [1.165, 1.54) is 11.0 Å². The van der Waals surface area contributed by atoms with Crippen LogP contribution in [0.3, 0.4) is 0 Å². The van der Waals surface area contributed by atoms with Crippen molar-refractivity contribution < 1.29 is 18.1 Å². The van der Waals surface area contributed by atoms with Crippen molar-refractivity contribution in [2.24, 2.45) is 0 Å². The maximum absolute atomic E-state index is 13.3. The Morgan fingerprint density at radius 3 is 2.91 bits per heavy atom. The Kier molecular flexibility index (Phi) is 3.87. The van der Waals surface area contributed by atoms with Gasteiger partial charge in [0.15, 0.2) is 17.5 Å². The van der Waals surface area contributed by atoms with Crippen LogP contribution in [-0.2, 0) is 11.2 Å². The summed E-state index contributed by atoms with van der Waals surface area (Å²) in [5, 5.41) is 3.87. The Bertz CT molecular complexity index is 702. The quantitative estimate of drug-likeness (QED) is 0.871. The summed E-state index contributed by atoms with van der Waals surface area (Å²) in [5.74, 6) is -1.27. The van der Waals surface area contributed by atoms with Gasteiger partial charge in [0.05, 0.1) is 5.92 Å². The molecular formula is C15H15F2N3O2. The predicted octanol–water partition coefficient (Wildman–Crippen LogP) is 2.82. The first-order valence-corrected chi connectivity index (χ1v) is 7.16. The van der Waals surface area contributed by atoms with E-state index in [2.05, 4.69) is 10.1 Å². The lowest BCUT2D eigenvalue weighted by Crippen LogP contribution is -2.24. The van der Waals surface area contributed by atoms with E-state index in [0.29, 0.717) is 23.9 Å². The number of amides is 1. The number of aryl methyl sites for hydroxylation is 1. The van der Waals surface area contributed by atoms with Crippen LogP contribution in [0.25, 0.3) is 0 Å². The Hall–Kier alpha value is -2.31. The summed E-state index contributed by atoms with van der Waals surface area (Å²) in [6.07, 6.45) is 1.84. The summed E-state index contributed by atoms with van der Waals surface area (Å²) < 4.78 is 31.5. The summed E-state index contributed by atoms with van der Waals surface area (Å²) >= 11 is 0. The molecule has 1 amide bonds. The van der Waals surface area contributed by atoms with E-state index in [-0.39, 0.29) is 18.2 Å². The minimum atomic E-state index is -0.975. The van der Waals surface area contributed by atoms with Crippen LogP contribution < -0.4 is 4.90 Å². The van der Waals surface area contributed by atoms with E-state index in [1.807, 2.05) is 6.92 Å². The highest BCUT2D eigenvalue weighted by Gasteiger charge is 2.35. The van der Waals surface area contributed by atoms with Crippen LogP contribution in [0.1, 0.15) is 37.4 Å². The number of anilines is 1. The summed E-state index contributed by atoms with van der Waals surface area (Å²) in [6, 6.07) is 3.41. The van der Waals surface area contributed by atoms with Gasteiger partial charge in [-0.1, -0.05) is 12.1 Å². The number of carbonyl (C=O) groups is 1. The molecule has 0 radical (unpaired) electrons. The third-order valence-corrected chi connectivity index (χ3v) is 3.65. The molecule has 0 saturated carbocycles. The lowest BCUT2D eigenvalue weighted by molar-refractivity contribution is -0.117. The summed E-state index contributed by atoms with van der Waals surface area (Å²) in [4.78, 5) is 17.8. The number of aromatic nitrogens is 2. The fourth-order valence-electron chi connectivity index (χ4n) is 2.53. The Labute approximate surface area is 125 Å². The molecule has 1 saturated heterocycles. The summed E-state index contributed by atoms with van der Waals surface area (Å²) in [7, 11) is 0. The minimum absolute atomic E-state index is 0.175. The third kappa shape index (κ3) is 2.70. The first kappa shape index (κ1) is 14.6. The van der Waals surface area contributed by atoms with Gasteiger partial charge in [-0.05, 0) is 18.6 Å². The van der Waals surface area contributed by atoms with Crippen LogP contribution in [0.5, 0.6) is 0 Å². The first-order valence-electron chi connectivity index (χ1n) is 7.16. The summed E-state index contributed by atoms with van der Waals surface area (Å²) in [5.41, 5.74) is 0.333. The van der Waals surface area contributed by atoms with Crippen molar-refractivity contribution in [3.05, 3.63) is 41.5 Å². The molecule has 0 spiro atoms. The highest BCUT2D eigenvalue weighted by Crippen LogP contribution is 2.31. The fourth-order valence-corrected chi connectivity index (χ4v) is 2.53. The molecule has 1 aliphatic rings. The molecule has 2 heterocycles. The van der Waals surface area contributed by atoms with Crippen molar-refractivity contribution in [1.82, 2.24) is 10.1 Å². The van der Waals surface area contributed by atoms with Gasteiger partial charge in [0.25, 0.3) is 0 Å². The van der Waals surface area contributed by atoms with Gasteiger partial charge in [0, 0.05) is 31.1 Å². The third-order valence-electron chi connectivity index (χ3n) is 3.65. The molecule has 3 rings (SSSR count). The molecular weight excluding hydrogens is 292 g/mol. The van der Waals surface area contributed by atoms with Crippen molar-refractivity contribution >= 4 is 11.6 Å². The highest BCUT2D eigenvalue weighted by atomic mass is 19.2. The number of carbonyl (C=O) groups excluding carboxylic acids is 1. The van der Waals surface area contributed by atoms with E-state index >= 15 is 0 Å². The molecule has 5 nitrogen and oxygen atoms in total.